The van der Waals surface area contributed by atoms with E-state index in [0.717, 1.165) is 11.3 Å². The fourth-order valence-corrected chi connectivity index (χ4v) is 2.54. The maximum atomic E-state index is 12.5. The predicted octanol–water partition coefficient (Wildman–Crippen LogP) is 2.78. The highest BCUT2D eigenvalue weighted by atomic mass is 16.5. The fourth-order valence-electron chi connectivity index (χ4n) is 2.54. The first kappa shape index (κ1) is 16.8. The molecule has 5 heteroatoms. The van der Waals surface area contributed by atoms with Gasteiger partial charge in [0.15, 0.2) is 0 Å². The van der Waals surface area contributed by atoms with Gasteiger partial charge in [-0.15, -0.1) is 0 Å². The van der Waals surface area contributed by atoms with Gasteiger partial charge in [-0.25, -0.2) is 0 Å². The fraction of sp³-hybridized carbons (Fsp3) is 0.150. The molecule has 3 aromatic rings. The molecule has 5 nitrogen and oxygen atoms in total. The van der Waals surface area contributed by atoms with Crippen LogP contribution in [-0.2, 0) is 6.54 Å². The van der Waals surface area contributed by atoms with Crippen molar-refractivity contribution in [2.75, 3.05) is 13.2 Å². The summed E-state index contributed by atoms with van der Waals surface area (Å²) in [6, 6.07) is 18.8. The minimum Gasteiger partial charge on any atom is -0.491 e. The number of para-hydroxylation sites is 1. The van der Waals surface area contributed by atoms with Crippen molar-refractivity contribution in [2.45, 2.75) is 6.54 Å². The average Bonchev–Trinajstić information content (AvgIpc) is 3.20. The first-order valence-corrected chi connectivity index (χ1v) is 8.11. The zero-order valence-corrected chi connectivity index (χ0v) is 13.8. The molecule has 25 heavy (non-hydrogen) atoms. The molecule has 0 atom stereocenters. The van der Waals surface area contributed by atoms with Gasteiger partial charge < -0.3 is 19.7 Å². The molecule has 0 saturated carbocycles. The minimum atomic E-state index is -0.147. The van der Waals surface area contributed by atoms with Crippen LogP contribution in [0.2, 0.25) is 0 Å². The van der Waals surface area contributed by atoms with Crippen LogP contribution in [-0.4, -0.2) is 28.8 Å². The van der Waals surface area contributed by atoms with Gasteiger partial charge in [0.25, 0.3) is 5.91 Å². The van der Waals surface area contributed by atoms with Gasteiger partial charge in [-0.2, -0.15) is 0 Å². The number of hydrogen-bond donors (Lipinski definition) is 2. The third-order valence-corrected chi connectivity index (χ3v) is 3.77. The van der Waals surface area contributed by atoms with Crippen molar-refractivity contribution >= 4 is 5.91 Å². The molecule has 2 N–H and O–H groups in total. The number of aromatic nitrogens is 1. The second kappa shape index (κ2) is 8.17. The number of aliphatic hydroxyl groups excluding tert-OH is 1. The number of hydrogen-bond acceptors (Lipinski definition) is 3. The lowest BCUT2D eigenvalue weighted by atomic mass is 10.1. The van der Waals surface area contributed by atoms with Crippen LogP contribution in [0.1, 0.15) is 15.9 Å². The van der Waals surface area contributed by atoms with Crippen molar-refractivity contribution in [1.29, 1.82) is 0 Å². The molecule has 0 aliphatic rings. The Labute approximate surface area is 146 Å². The van der Waals surface area contributed by atoms with Crippen molar-refractivity contribution in [3.05, 3.63) is 84.2 Å². The zero-order valence-electron chi connectivity index (χ0n) is 13.8. The number of rotatable bonds is 7. The number of benzene rings is 2. The van der Waals surface area contributed by atoms with E-state index in [1.54, 1.807) is 6.07 Å². The highest BCUT2D eigenvalue weighted by molar-refractivity contribution is 5.94. The topological polar surface area (TPSA) is 63.5 Å². The molecule has 0 unspecified atom stereocenters. The summed E-state index contributed by atoms with van der Waals surface area (Å²) in [5.74, 6) is 0.518. The van der Waals surface area contributed by atoms with Crippen molar-refractivity contribution in [1.82, 2.24) is 9.88 Å². The van der Waals surface area contributed by atoms with Crippen molar-refractivity contribution in [3.8, 4) is 11.4 Å². The third kappa shape index (κ3) is 4.28. The van der Waals surface area contributed by atoms with Gasteiger partial charge in [-0.05, 0) is 36.4 Å². The summed E-state index contributed by atoms with van der Waals surface area (Å²) in [4.78, 5) is 12.5. The van der Waals surface area contributed by atoms with E-state index >= 15 is 0 Å². The second-order valence-electron chi connectivity index (χ2n) is 5.50. The van der Waals surface area contributed by atoms with E-state index in [9.17, 15) is 4.79 Å². The Morgan fingerprint density at radius 2 is 1.84 bits per heavy atom. The normalized spacial score (nSPS) is 10.4. The van der Waals surface area contributed by atoms with E-state index in [1.807, 2.05) is 71.6 Å². The second-order valence-corrected chi connectivity index (χ2v) is 5.50. The summed E-state index contributed by atoms with van der Waals surface area (Å²) in [7, 11) is 0. The standard InChI is InChI=1S/C20H20N2O3/c23-12-13-25-19-9-2-1-6-17(19)15-21-20(24)16-7-5-8-18(14-16)22-10-3-4-11-22/h1-11,14,23H,12-13,15H2,(H,21,24). The lowest BCUT2D eigenvalue weighted by molar-refractivity contribution is 0.0950. The van der Waals surface area contributed by atoms with E-state index in [0.29, 0.717) is 17.9 Å². The molecule has 0 saturated heterocycles. The van der Waals surface area contributed by atoms with Crippen LogP contribution in [0.3, 0.4) is 0 Å². The van der Waals surface area contributed by atoms with Crippen LogP contribution < -0.4 is 10.1 Å². The number of carbonyl (C=O) groups is 1. The molecule has 3 rings (SSSR count). The number of aliphatic hydroxyl groups is 1. The van der Waals surface area contributed by atoms with E-state index in [2.05, 4.69) is 5.32 Å². The van der Waals surface area contributed by atoms with Crippen LogP contribution in [0, 0.1) is 0 Å². The van der Waals surface area contributed by atoms with E-state index in [4.69, 9.17) is 9.84 Å². The lowest BCUT2D eigenvalue weighted by Crippen LogP contribution is -2.23. The Hall–Kier alpha value is -3.05. The van der Waals surface area contributed by atoms with Gasteiger partial charge >= 0.3 is 0 Å². The quantitative estimate of drug-likeness (QED) is 0.697. The smallest absolute Gasteiger partial charge is 0.251 e. The largest absolute Gasteiger partial charge is 0.491 e. The van der Waals surface area contributed by atoms with E-state index in [-0.39, 0.29) is 19.1 Å². The number of nitrogens with zero attached hydrogens (tertiary/aromatic N) is 1. The number of nitrogens with one attached hydrogen (secondary N) is 1. The molecule has 0 aliphatic heterocycles. The van der Waals surface area contributed by atoms with E-state index < -0.39 is 0 Å². The van der Waals surface area contributed by atoms with Gasteiger partial charge in [0, 0.05) is 35.8 Å². The molecular formula is C20H20N2O3. The summed E-state index contributed by atoms with van der Waals surface area (Å²) in [5.41, 5.74) is 2.40. The molecule has 0 aliphatic carbocycles. The molecule has 2 aromatic carbocycles. The number of carbonyl (C=O) groups excluding carboxylic acids is 1. The molecule has 0 spiro atoms. The molecule has 128 valence electrons. The Morgan fingerprint density at radius 3 is 2.64 bits per heavy atom. The summed E-state index contributed by atoms with van der Waals surface area (Å²) < 4.78 is 7.44. The maximum absolute atomic E-state index is 12.5. The van der Waals surface area contributed by atoms with Gasteiger partial charge in [0.05, 0.1) is 6.61 Å². The summed E-state index contributed by atoms with van der Waals surface area (Å²) in [6.07, 6.45) is 3.87. The zero-order chi connectivity index (χ0) is 17.5. The SMILES string of the molecule is O=C(NCc1ccccc1OCCO)c1cccc(-n2cccc2)c1. The molecule has 0 radical (unpaired) electrons. The number of amides is 1. The Balaban J connectivity index is 1.68. The molecule has 1 aromatic heterocycles. The van der Waals surface area contributed by atoms with Crippen molar-refractivity contribution < 1.29 is 14.6 Å². The molecule has 0 fully saturated rings. The van der Waals surface area contributed by atoms with Crippen LogP contribution in [0.25, 0.3) is 5.69 Å². The Kier molecular flexibility index (Phi) is 5.49. The van der Waals surface area contributed by atoms with Crippen molar-refractivity contribution in [3.63, 3.8) is 0 Å². The minimum absolute atomic E-state index is 0.0487. The summed E-state index contributed by atoms with van der Waals surface area (Å²) >= 11 is 0. The van der Waals surface area contributed by atoms with Crippen LogP contribution in [0.4, 0.5) is 0 Å². The first-order valence-electron chi connectivity index (χ1n) is 8.11. The van der Waals surface area contributed by atoms with Gasteiger partial charge in [0.1, 0.15) is 12.4 Å². The lowest BCUT2D eigenvalue weighted by Gasteiger charge is -2.12. The molecule has 1 heterocycles. The Morgan fingerprint density at radius 1 is 1.04 bits per heavy atom. The predicted molar refractivity (Wildman–Crippen MR) is 96.0 cm³/mol. The van der Waals surface area contributed by atoms with Crippen LogP contribution in [0.5, 0.6) is 5.75 Å². The highest BCUT2D eigenvalue weighted by Crippen LogP contribution is 2.18. The average molecular weight is 336 g/mol. The van der Waals surface area contributed by atoms with E-state index in [1.165, 1.54) is 0 Å². The van der Waals surface area contributed by atoms with Crippen LogP contribution in [0.15, 0.2) is 73.1 Å². The summed E-state index contributed by atoms with van der Waals surface area (Å²) in [5, 5.41) is 11.8. The first-order chi connectivity index (χ1) is 12.3. The van der Waals surface area contributed by atoms with Gasteiger partial charge in [-0.1, -0.05) is 24.3 Å². The third-order valence-electron chi connectivity index (χ3n) is 3.77. The summed E-state index contributed by atoms with van der Waals surface area (Å²) in [6.45, 7) is 0.533. The van der Waals surface area contributed by atoms with Gasteiger partial charge in [-0.3, -0.25) is 4.79 Å². The molecular weight excluding hydrogens is 316 g/mol. The van der Waals surface area contributed by atoms with Crippen LogP contribution >= 0.6 is 0 Å². The maximum Gasteiger partial charge on any atom is 0.251 e. The van der Waals surface area contributed by atoms with Gasteiger partial charge in [0.2, 0.25) is 0 Å². The highest BCUT2D eigenvalue weighted by Gasteiger charge is 2.09. The monoisotopic (exact) mass is 336 g/mol. The molecule has 0 bridgehead atoms. The Bertz CT molecular complexity index is 828. The number of ether oxygens (including phenoxy) is 1. The van der Waals surface area contributed by atoms with Crippen molar-refractivity contribution in [2.24, 2.45) is 0 Å². The molecule has 1 amide bonds.